The second-order valence-corrected chi connectivity index (χ2v) is 6.53. The lowest BCUT2D eigenvalue weighted by Gasteiger charge is -2.09. The van der Waals surface area contributed by atoms with Crippen LogP contribution >= 0.6 is 22.9 Å². The van der Waals surface area contributed by atoms with Crippen LogP contribution in [0.4, 0.5) is 4.79 Å². The molecule has 0 aliphatic carbocycles. The number of nitrogens with one attached hydrogen (secondary N) is 1. The van der Waals surface area contributed by atoms with E-state index in [1.54, 1.807) is 18.2 Å². The molecule has 9 heteroatoms. The number of thiophene rings is 1. The van der Waals surface area contributed by atoms with Crippen LogP contribution in [-0.4, -0.2) is 29.9 Å². The number of carbonyl (C=O) groups is 3. The molecule has 2 aromatic rings. The number of hydrogen-bond acceptors (Lipinski definition) is 6. The summed E-state index contributed by atoms with van der Waals surface area (Å²) in [6.45, 7) is -0.0931. The van der Waals surface area contributed by atoms with Crippen molar-refractivity contribution in [2.75, 3.05) is 7.11 Å². The lowest BCUT2D eigenvalue weighted by Crippen LogP contribution is -2.30. The van der Waals surface area contributed by atoms with Gasteiger partial charge in [-0.25, -0.2) is 9.59 Å². The lowest BCUT2D eigenvalue weighted by molar-refractivity contribution is -0.123. The molecule has 3 rings (SSSR count). The van der Waals surface area contributed by atoms with Crippen LogP contribution in [0.25, 0.3) is 6.08 Å². The van der Waals surface area contributed by atoms with Gasteiger partial charge in [-0.1, -0.05) is 11.6 Å². The Kier molecular flexibility index (Phi) is 4.41. The molecule has 1 aliphatic rings. The van der Waals surface area contributed by atoms with Gasteiger partial charge in [-0.3, -0.25) is 9.69 Å². The molecule has 1 aliphatic heterocycles. The Morgan fingerprint density at radius 2 is 2.17 bits per heavy atom. The van der Waals surface area contributed by atoms with Crippen molar-refractivity contribution in [3.8, 4) is 0 Å². The minimum atomic E-state index is -0.631. The molecule has 24 heavy (non-hydrogen) atoms. The van der Waals surface area contributed by atoms with Crippen LogP contribution in [0.5, 0.6) is 0 Å². The summed E-state index contributed by atoms with van der Waals surface area (Å²) in [6, 6.07) is 5.81. The third-order valence-electron chi connectivity index (χ3n) is 3.21. The van der Waals surface area contributed by atoms with Gasteiger partial charge in [-0.15, -0.1) is 11.3 Å². The van der Waals surface area contributed by atoms with Gasteiger partial charge in [-0.2, -0.15) is 0 Å². The molecule has 0 radical (unpaired) electrons. The minimum absolute atomic E-state index is 0.00328. The van der Waals surface area contributed by atoms with Gasteiger partial charge in [0.05, 0.1) is 18.0 Å². The number of esters is 1. The van der Waals surface area contributed by atoms with Gasteiger partial charge >= 0.3 is 12.0 Å². The van der Waals surface area contributed by atoms with Crippen molar-refractivity contribution in [3.63, 3.8) is 0 Å². The van der Waals surface area contributed by atoms with Crippen LogP contribution in [0.3, 0.4) is 0 Å². The van der Waals surface area contributed by atoms with Gasteiger partial charge in [-0.05, 0) is 30.3 Å². The number of imide groups is 1. The Morgan fingerprint density at radius 3 is 2.83 bits per heavy atom. The summed E-state index contributed by atoms with van der Waals surface area (Å²) in [6.07, 6.45) is 1.55. The first kappa shape index (κ1) is 16.3. The number of ether oxygens (including phenoxy) is 1. The third kappa shape index (κ3) is 3.19. The molecule has 1 fully saturated rings. The van der Waals surface area contributed by atoms with E-state index >= 15 is 0 Å². The van der Waals surface area contributed by atoms with E-state index in [-0.39, 0.29) is 18.0 Å². The average molecular weight is 367 g/mol. The Bertz CT molecular complexity index is 854. The maximum absolute atomic E-state index is 12.3. The Morgan fingerprint density at radius 1 is 1.38 bits per heavy atom. The van der Waals surface area contributed by atoms with Crippen molar-refractivity contribution in [3.05, 3.63) is 50.7 Å². The standard InChI is InChI=1S/C15H11ClN2O5S/c1-22-14(20)11-4-2-8(23-11)7-18-13(19)10(17-15(18)21)6-9-3-5-12(16)24-9/h2-6H,7H2,1H3,(H,17,21). The normalized spacial score (nSPS) is 15.9. The Balaban J connectivity index is 1.76. The SMILES string of the molecule is COC(=O)c1ccc(CN2C(=O)NC(=Cc3ccc(Cl)s3)C2=O)o1. The van der Waals surface area contributed by atoms with Crippen LogP contribution in [0.1, 0.15) is 21.2 Å². The van der Waals surface area contributed by atoms with Crippen LogP contribution in [-0.2, 0) is 16.1 Å². The summed E-state index contributed by atoms with van der Waals surface area (Å²) in [4.78, 5) is 37.4. The van der Waals surface area contributed by atoms with E-state index in [0.29, 0.717) is 10.1 Å². The third-order valence-corrected chi connectivity index (χ3v) is 4.38. The van der Waals surface area contributed by atoms with Gasteiger partial charge in [0.25, 0.3) is 5.91 Å². The number of rotatable bonds is 4. The fraction of sp³-hybridized carbons (Fsp3) is 0.133. The lowest BCUT2D eigenvalue weighted by atomic mass is 10.3. The molecule has 124 valence electrons. The molecular formula is C15H11ClN2O5S. The monoisotopic (exact) mass is 366 g/mol. The highest BCUT2D eigenvalue weighted by molar-refractivity contribution is 7.17. The number of methoxy groups -OCH3 is 1. The highest BCUT2D eigenvalue weighted by atomic mass is 35.5. The fourth-order valence-corrected chi connectivity index (χ4v) is 3.10. The van der Waals surface area contributed by atoms with Gasteiger partial charge in [0.15, 0.2) is 0 Å². The van der Waals surface area contributed by atoms with Crippen molar-refractivity contribution in [1.82, 2.24) is 10.2 Å². The zero-order chi connectivity index (χ0) is 17.3. The number of urea groups is 1. The fourth-order valence-electron chi connectivity index (χ4n) is 2.09. The quantitative estimate of drug-likeness (QED) is 0.510. The maximum atomic E-state index is 12.3. The molecule has 0 spiro atoms. The van der Waals surface area contributed by atoms with Crippen LogP contribution in [0, 0.1) is 0 Å². The molecule has 1 N–H and O–H groups in total. The maximum Gasteiger partial charge on any atom is 0.373 e. The largest absolute Gasteiger partial charge is 0.463 e. The van der Waals surface area contributed by atoms with Crippen LogP contribution in [0.15, 0.2) is 34.4 Å². The van der Waals surface area contributed by atoms with E-state index in [1.165, 1.54) is 30.6 Å². The van der Waals surface area contributed by atoms with Gasteiger partial charge in [0, 0.05) is 4.88 Å². The first-order valence-corrected chi connectivity index (χ1v) is 7.94. The zero-order valence-corrected chi connectivity index (χ0v) is 13.9. The summed E-state index contributed by atoms with van der Waals surface area (Å²) in [7, 11) is 1.23. The molecular weight excluding hydrogens is 356 g/mol. The minimum Gasteiger partial charge on any atom is -0.463 e. The van der Waals surface area contributed by atoms with E-state index in [0.717, 1.165) is 9.78 Å². The molecule has 2 aromatic heterocycles. The smallest absolute Gasteiger partial charge is 0.373 e. The first-order valence-electron chi connectivity index (χ1n) is 6.75. The van der Waals surface area contributed by atoms with Gasteiger partial charge < -0.3 is 14.5 Å². The van der Waals surface area contributed by atoms with Crippen molar-refractivity contribution >= 4 is 46.9 Å². The molecule has 3 amide bonds. The molecule has 3 heterocycles. The second kappa shape index (κ2) is 6.50. The van der Waals surface area contributed by atoms with Crippen molar-refractivity contribution in [1.29, 1.82) is 0 Å². The van der Waals surface area contributed by atoms with Crippen LogP contribution in [0.2, 0.25) is 4.34 Å². The number of nitrogens with zero attached hydrogens (tertiary/aromatic N) is 1. The van der Waals surface area contributed by atoms with Crippen LogP contribution < -0.4 is 5.32 Å². The summed E-state index contributed by atoms with van der Waals surface area (Å²) in [5.41, 5.74) is 0.151. The number of hydrogen-bond donors (Lipinski definition) is 1. The van der Waals surface area contributed by atoms with E-state index in [2.05, 4.69) is 10.1 Å². The van der Waals surface area contributed by atoms with Gasteiger partial charge in [0.1, 0.15) is 11.5 Å². The van der Waals surface area contributed by atoms with E-state index in [1.807, 2.05) is 0 Å². The summed E-state index contributed by atoms with van der Waals surface area (Å²) in [5, 5.41) is 2.50. The summed E-state index contributed by atoms with van der Waals surface area (Å²) >= 11 is 7.13. The van der Waals surface area contributed by atoms with Crippen molar-refractivity contribution in [2.24, 2.45) is 0 Å². The second-order valence-electron chi connectivity index (χ2n) is 4.78. The average Bonchev–Trinajstić information content (AvgIpc) is 3.24. The highest BCUT2D eigenvalue weighted by Crippen LogP contribution is 2.25. The van der Waals surface area contributed by atoms with E-state index in [4.69, 9.17) is 16.0 Å². The molecule has 0 atom stereocenters. The summed E-state index contributed by atoms with van der Waals surface area (Å²) < 4.78 is 10.4. The van der Waals surface area contributed by atoms with Crippen molar-refractivity contribution in [2.45, 2.75) is 6.54 Å². The Hall–Kier alpha value is -2.58. The van der Waals surface area contributed by atoms with Gasteiger partial charge in [0.2, 0.25) is 5.76 Å². The summed E-state index contributed by atoms with van der Waals surface area (Å²) in [5.74, 6) is -0.822. The molecule has 0 saturated carbocycles. The molecule has 7 nitrogen and oxygen atoms in total. The number of amides is 3. The molecule has 0 aromatic carbocycles. The molecule has 0 bridgehead atoms. The molecule has 1 saturated heterocycles. The number of carbonyl (C=O) groups excluding carboxylic acids is 3. The van der Waals surface area contributed by atoms with Crippen molar-refractivity contribution < 1.29 is 23.5 Å². The predicted octanol–water partition coefficient (Wildman–Crippen LogP) is 2.87. The zero-order valence-electron chi connectivity index (χ0n) is 12.4. The van der Waals surface area contributed by atoms with E-state index in [9.17, 15) is 14.4 Å². The first-order chi connectivity index (χ1) is 11.5. The topological polar surface area (TPSA) is 88.9 Å². The van der Waals surface area contributed by atoms with E-state index < -0.39 is 17.9 Å². The molecule has 0 unspecified atom stereocenters. The highest BCUT2D eigenvalue weighted by Gasteiger charge is 2.34. The number of furan rings is 1. The Labute approximate surface area is 145 Å². The number of halogens is 1. The predicted molar refractivity (Wildman–Crippen MR) is 86.4 cm³/mol.